The van der Waals surface area contributed by atoms with Crippen LogP contribution in [-0.4, -0.2) is 23.3 Å². The van der Waals surface area contributed by atoms with Crippen LogP contribution in [0.25, 0.3) is 0 Å². The summed E-state index contributed by atoms with van der Waals surface area (Å²) in [6, 6.07) is 3.15. The van der Waals surface area contributed by atoms with Crippen molar-refractivity contribution in [3.05, 3.63) is 22.2 Å². The molecule has 0 aromatic heterocycles. The Labute approximate surface area is 108 Å². The van der Waals surface area contributed by atoms with Crippen molar-refractivity contribution in [3.63, 3.8) is 0 Å². The maximum absolute atomic E-state index is 11.0. The van der Waals surface area contributed by atoms with Crippen LogP contribution >= 0.6 is 15.9 Å². The molecule has 0 aliphatic carbocycles. The van der Waals surface area contributed by atoms with Crippen LogP contribution < -0.4 is 4.74 Å². The molecule has 2 N–H and O–H groups in total. The van der Waals surface area contributed by atoms with Gasteiger partial charge in [0.25, 0.3) is 0 Å². The van der Waals surface area contributed by atoms with Gasteiger partial charge >= 0.3 is 5.97 Å². The number of phenols is 1. The SMILES string of the molecule is COc1cc(O)c(CC(C)(C)C(=O)O)cc1Br. The van der Waals surface area contributed by atoms with Gasteiger partial charge < -0.3 is 14.9 Å². The Kier molecular flexibility index (Phi) is 4.03. The van der Waals surface area contributed by atoms with E-state index in [9.17, 15) is 9.90 Å². The lowest BCUT2D eigenvalue weighted by atomic mass is 9.85. The molecule has 0 heterocycles. The van der Waals surface area contributed by atoms with Crippen LogP contribution in [0.5, 0.6) is 11.5 Å². The summed E-state index contributed by atoms with van der Waals surface area (Å²) in [5.41, 5.74) is -0.351. The van der Waals surface area contributed by atoms with Crippen LogP contribution in [-0.2, 0) is 11.2 Å². The topological polar surface area (TPSA) is 66.8 Å². The van der Waals surface area contributed by atoms with Crippen molar-refractivity contribution in [1.29, 1.82) is 0 Å². The fraction of sp³-hybridized carbons (Fsp3) is 0.417. The van der Waals surface area contributed by atoms with E-state index in [1.165, 1.54) is 13.2 Å². The van der Waals surface area contributed by atoms with E-state index in [-0.39, 0.29) is 12.2 Å². The maximum atomic E-state index is 11.0. The second-order valence-corrected chi connectivity index (χ2v) is 5.34. The van der Waals surface area contributed by atoms with Crippen molar-refractivity contribution in [2.24, 2.45) is 5.41 Å². The quantitative estimate of drug-likeness (QED) is 0.897. The second-order valence-electron chi connectivity index (χ2n) is 4.48. The largest absolute Gasteiger partial charge is 0.508 e. The van der Waals surface area contributed by atoms with Gasteiger partial charge in [-0.3, -0.25) is 4.79 Å². The highest BCUT2D eigenvalue weighted by Gasteiger charge is 2.28. The third kappa shape index (κ3) is 3.12. The highest BCUT2D eigenvalue weighted by molar-refractivity contribution is 9.10. The smallest absolute Gasteiger partial charge is 0.309 e. The summed E-state index contributed by atoms with van der Waals surface area (Å²) in [5, 5.41) is 18.8. The van der Waals surface area contributed by atoms with Gasteiger partial charge in [0.15, 0.2) is 0 Å². The molecule has 0 aliphatic rings. The van der Waals surface area contributed by atoms with Crippen LogP contribution in [0, 0.1) is 5.41 Å². The number of ether oxygens (including phenoxy) is 1. The van der Waals surface area contributed by atoms with Gasteiger partial charge in [-0.05, 0) is 47.8 Å². The van der Waals surface area contributed by atoms with Gasteiger partial charge in [-0.15, -0.1) is 0 Å². The number of carboxylic acid groups (broad SMARTS) is 1. The maximum Gasteiger partial charge on any atom is 0.309 e. The van der Waals surface area contributed by atoms with Crippen LogP contribution in [0.4, 0.5) is 0 Å². The first kappa shape index (κ1) is 13.8. The molecule has 1 aromatic rings. The van der Waals surface area contributed by atoms with Crippen molar-refractivity contribution in [3.8, 4) is 11.5 Å². The van der Waals surface area contributed by atoms with Gasteiger partial charge in [-0.25, -0.2) is 0 Å². The van der Waals surface area contributed by atoms with Gasteiger partial charge in [0, 0.05) is 6.07 Å². The summed E-state index contributed by atoms with van der Waals surface area (Å²) in [4.78, 5) is 11.0. The molecule has 0 amide bonds. The second kappa shape index (κ2) is 4.96. The first-order valence-corrected chi connectivity index (χ1v) is 5.86. The van der Waals surface area contributed by atoms with E-state index in [0.717, 1.165) is 0 Å². The Balaban J connectivity index is 3.08. The van der Waals surface area contributed by atoms with Gasteiger partial charge in [0.1, 0.15) is 11.5 Å². The number of benzene rings is 1. The summed E-state index contributed by atoms with van der Waals surface area (Å²) < 4.78 is 5.72. The minimum Gasteiger partial charge on any atom is -0.508 e. The molecule has 0 saturated heterocycles. The molecule has 0 aliphatic heterocycles. The highest BCUT2D eigenvalue weighted by atomic mass is 79.9. The molecule has 0 bridgehead atoms. The third-order valence-electron chi connectivity index (χ3n) is 2.56. The van der Waals surface area contributed by atoms with Gasteiger partial charge in [-0.2, -0.15) is 0 Å². The van der Waals surface area contributed by atoms with E-state index < -0.39 is 11.4 Å². The number of phenolic OH excluding ortho intramolecular Hbond substituents is 1. The fourth-order valence-corrected chi connectivity index (χ4v) is 1.99. The number of rotatable bonds is 4. The van der Waals surface area contributed by atoms with E-state index in [0.29, 0.717) is 15.8 Å². The van der Waals surface area contributed by atoms with E-state index in [1.54, 1.807) is 19.9 Å². The molecule has 0 atom stereocenters. The Morgan fingerprint density at radius 1 is 1.47 bits per heavy atom. The van der Waals surface area contributed by atoms with Gasteiger partial charge in [-0.1, -0.05) is 0 Å². The zero-order chi connectivity index (χ0) is 13.2. The van der Waals surface area contributed by atoms with Crippen molar-refractivity contribution < 1.29 is 19.7 Å². The summed E-state index contributed by atoms with van der Waals surface area (Å²) in [6.45, 7) is 3.24. The standard InChI is InChI=1S/C12H15BrO4/c1-12(2,11(15)16)6-7-4-8(13)10(17-3)5-9(7)14/h4-5,14H,6H2,1-3H3,(H,15,16). The van der Waals surface area contributed by atoms with Gasteiger partial charge in [0.05, 0.1) is 17.0 Å². The summed E-state index contributed by atoms with van der Waals surface area (Å²) >= 11 is 3.30. The Morgan fingerprint density at radius 3 is 2.53 bits per heavy atom. The van der Waals surface area contributed by atoms with Crippen molar-refractivity contribution >= 4 is 21.9 Å². The molecular weight excluding hydrogens is 288 g/mol. The lowest BCUT2D eigenvalue weighted by molar-refractivity contribution is -0.146. The van der Waals surface area contributed by atoms with Crippen LogP contribution in [0.2, 0.25) is 0 Å². The third-order valence-corrected chi connectivity index (χ3v) is 3.18. The number of methoxy groups -OCH3 is 1. The van der Waals surface area contributed by atoms with Crippen molar-refractivity contribution in [2.75, 3.05) is 7.11 Å². The first-order valence-electron chi connectivity index (χ1n) is 5.06. The minimum atomic E-state index is -0.925. The number of carboxylic acids is 1. The summed E-state index contributed by atoms with van der Waals surface area (Å²) in [5.74, 6) is -0.345. The average molecular weight is 303 g/mol. The van der Waals surface area contributed by atoms with Crippen LogP contribution in [0.1, 0.15) is 19.4 Å². The lowest BCUT2D eigenvalue weighted by Gasteiger charge is -2.20. The van der Waals surface area contributed by atoms with E-state index in [2.05, 4.69) is 15.9 Å². The average Bonchev–Trinajstić information content (AvgIpc) is 2.22. The highest BCUT2D eigenvalue weighted by Crippen LogP contribution is 2.35. The molecule has 0 spiro atoms. The summed E-state index contributed by atoms with van der Waals surface area (Å²) in [6.07, 6.45) is 0.247. The number of aromatic hydroxyl groups is 1. The molecule has 1 rings (SSSR count). The molecular formula is C12H15BrO4. The van der Waals surface area contributed by atoms with E-state index >= 15 is 0 Å². The summed E-state index contributed by atoms with van der Waals surface area (Å²) in [7, 11) is 1.50. The molecule has 94 valence electrons. The minimum absolute atomic E-state index is 0.0411. The number of hydrogen-bond acceptors (Lipinski definition) is 3. The molecule has 0 unspecified atom stereocenters. The zero-order valence-electron chi connectivity index (χ0n) is 9.95. The van der Waals surface area contributed by atoms with Gasteiger partial charge in [0.2, 0.25) is 0 Å². The Bertz CT molecular complexity index is 440. The van der Waals surface area contributed by atoms with Crippen molar-refractivity contribution in [1.82, 2.24) is 0 Å². The van der Waals surface area contributed by atoms with E-state index in [4.69, 9.17) is 9.84 Å². The monoisotopic (exact) mass is 302 g/mol. The Hall–Kier alpha value is -1.23. The van der Waals surface area contributed by atoms with E-state index in [1.807, 2.05) is 0 Å². The normalized spacial score (nSPS) is 11.3. The number of aliphatic carboxylic acids is 1. The number of hydrogen-bond donors (Lipinski definition) is 2. The molecule has 0 fully saturated rings. The van der Waals surface area contributed by atoms with Crippen molar-refractivity contribution in [2.45, 2.75) is 20.3 Å². The number of halogens is 1. The predicted octanol–water partition coefficient (Wildman–Crippen LogP) is 2.82. The zero-order valence-corrected chi connectivity index (χ0v) is 11.5. The molecule has 0 radical (unpaired) electrons. The fourth-order valence-electron chi connectivity index (χ4n) is 1.43. The van der Waals surface area contributed by atoms with Crippen LogP contribution in [0.15, 0.2) is 16.6 Å². The molecule has 0 saturated carbocycles. The van der Waals surface area contributed by atoms with Crippen LogP contribution in [0.3, 0.4) is 0 Å². The molecule has 1 aromatic carbocycles. The molecule has 17 heavy (non-hydrogen) atoms. The molecule has 5 heteroatoms. The lowest BCUT2D eigenvalue weighted by Crippen LogP contribution is -2.26. The number of carbonyl (C=O) groups is 1. The Morgan fingerprint density at radius 2 is 2.06 bits per heavy atom. The first-order chi connectivity index (χ1) is 7.77. The predicted molar refractivity (Wildman–Crippen MR) is 67.5 cm³/mol. The molecule has 4 nitrogen and oxygen atoms in total.